The molecule has 4 rings (SSSR count). The summed E-state index contributed by atoms with van der Waals surface area (Å²) in [6.45, 7) is 4.30. The number of amidine groups is 1. The standard InChI is InChI=1S/C26H25N3O3S/c1-18(2)32-24-20(10-7-13-22(24)31-3)15-23-25(30)29(17-19-9-8-14-27-16-19)26(33-23)28-21-11-5-4-6-12-21/h4-16,18H,17H2,1-3H3/b23-15-,28-26?. The second kappa shape index (κ2) is 10.4. The van der Waals surface area contributed by atoms with E-state index < -0.39 is 0 Å². The number of hydrogen-bond donors (Lipinski definition) is 0. The molecule has 1 amide bonds. The minimum Gasteiger partial charge on any atom is -0.493 e. The second-order valence-electron chi connectivity index (χ2n) is 7.64. The highest BCUT2D eigenvalue weighted by atomic mass is 32.2. The van der Waals surface area contributed by atoms with Gasteiger partial charge < -0.3 is 9.47 Å². The van der Waals surface area contributed by atoms with Gasteiger partial charge in [0.15, 0.2) is 16.7 Å². The van der Waals surface area contributed by atoms with E-state index in [1.807, 2.05) is 80.6 Å². The number of aliphatic imine (C=N–C) groups is 1. The van der Waals surface area contributed by atoms with E-state index in [1.165, 1.54) is 11.8 Å². The molecule has 6 nitrogen and oxygen atoms in total. The Morgan fingerprint density at radius 1 is 1.09 bits per heavy atom. The van der Waals surface area contributed by atoms with Gasteiger partial charge in [-0.1, -0.05) is 36.4 Å². The number of aromatic nitrogens is 1. The van der Waals surface area contributed by atoms with E-state index in [9.17, 15) is 4.79 Å². The molecule has 0 unspecified atom stereocenters. The Morgan fingerprint density at radius 3 is 2.61 bits per heavy atom. The van der Waals surface area contributed by atoms with Crippen molar-refractivity contribution in [2.24, 2.45) is 4.99 Å². The number of pyridine rings is 1. The number of rotatable bonds is 7. The molecule has 3 aromatic rings. The van der Waals surface area contributed by atoms with Crippen LogP contribution in [0, 0.1) is 0 Å². The van der Waals surface area contributed by atoms with Gasteiger partial charge in [0.25, 0.3) is 5.91 Å². The molecule has 2 aromatic carbocycles. The van der Waals surface area contributed by atoms with E-state index in [1.54, 1.807) is 24.4 Å². The Bertz CT molecular complexity index is 1180. The van der Waals surface area contributed by atoms with Gasteiger partial charge in [-0.05, 0) is 61.5 Å². The molecule has 0 saturated carbocycles. The van der Waals surface area contributed by atoms with Crippen molar-refractivity contribution in [3.05, 3.63) is 89.1 Å². The summed E-state index contributed by atoms with van der Waals surface area (Å²) in [5.74, 6) is 1.12. The van der Waals surface area contributed by atoms with Crippen LogP contribution in [0.4, 0.5) is 5.69 Å². The monoisotopic (exact) mass is 459 g/mol. The van der Waals surface area contributed by atoms with Crippen LogP contribution in [0.15, 0.2) is 83.0 Å². The van der Waals surface area contributed by atoms with Gasteiger partial charge >= 0.3 is 0 Å². The number of para-hydroxylation sites is 2. The van der Waals surface area contributed by atoms with Gasteiger partial charge in [-0.2, -0.15) is 0 Å². The van der Waals surface area contributed by atoms with E-state index in [0.29, 0.717) is 28.1 Å². The fourth-order valence-corrected chi connectivity index (χ4v) is 4.32. The lowest BCUT2D eigenvalue weighted by atomic mass is 10.1. The van der Waals surface area contributed by atoms with Crippen LogP contribution < -0.4 is 9.47 Å². The molecular formula is C26H25N3O3S. The maximum Gasteiger partial charge on any atom is 0.267 e. The van der Waals surface area contributed by atoms with Crippen LogP contribution in [0.5, 0.6) is 11.5 Å². The lowest BCUT2D eigenvalue weighted by Crippen LogP contribution is -2.28. The summed E-state index contributed by atoms with van der Waals surface area (Å²) in [6.07, 6.45) is 5.28. The Hall–Kier alpha value is -3.58. The van der Waals surface area contributed by atoms with Crippen LogP contribution in [0.2, 0.25) is 0 Å². The lowest BCUT2D eigenvalue weighted by Gasteiger charge is -2.16. The SMILES string of the molecule is COc1cccc(/C=C2\SC(=Nc3ccccc3)N(Cc3cccnc3)C2=O)c1OC(C)C. The number of amides is 1. The Balaban J connectivity index is 1.74. The normalized spacial score (nSPS) is 16.1. The fourth-order valence-electron chi connectivity index (χ4n) is 3.33. The van der Waals surface area contributed by atoms with Crippen molar-refractivity contribution in [2.75, 3.05) is 7.11 Å². The average molecular weight is 460 g/mol. The average Bonchev–Trinajstić information content (AvgIpc) is 3.10. The smallest absolute Gasteiger partial charge is 0.267 e. The number of nitrogens with zero attached hydrogens (tertiary/aromatic N) is 3. The van der Waals surface area contributed by atoms with Gasteiger partial charge in [0.05, 0.1) is 30.4 Å². The summed E-state index contributed by atoms with van der Waals surface area (Å²) in [4.78, 5) is 24.6. The highest BCUT2D eigenvalue weighted by Crippen LogP contribution is 2.39. The predicted octanol–water partition coefficient (Wildman–Crippen LogP) is 5.68. The maximum absolute atomic E-state index is 13.5. The summed E-state index contributed by atoms with van der Waals surface area (Å²) in [5.41, 5.74) is 2.50. The van der Waals surface area contributed by atoms with Gasteiger partial charge in [-0.15, -0.1) is 0 Å². The van der Waals surface area contributed by atoms with Crippen molar-refractivity contribution in [2.45, 2.75) is 26.5 Å². The minimum atomic E-state index is -0.114. The van der Waals surface area contributed by atoms with Gasteiger partial charge in [-0.3, -0.25) is 14.7 Å². The molecular weight excluding hydrogens is 434 g/mol. The molecule has 0 aliphatic carbocycles. The quantitative estimate of drug-likeness (QED) is 0.425. The van der Waals surface area contributed by atoms with Gasteiger partial charge in [0, 0.05) is 18.0 Å². The number of carbonyl (C=O) groups excluding carboxylic acids is 1. The molecule has 33 heavy (non-hydrogen) atoms. The van der Waals surface area contributed by atoms with Crippen molar-refractivity contribution in [1.29, 1.82) is 0 Å². The first-order chi connectivity index (χ1) is 16.0. The van der Waals surface area contributed by atoms with Crippen LogP contribution in [0.3, 0.4) is 0 Å². The van der Waals surface area contributed by atoms with E-state index in [2.05, 4.69) is 4.98 Å². The van der Waals surface area contributed by atoms with Gasteiger partial charge in [0.1, 0.15) is 0 Å². The Labute approximate surface area is 198 Å². The lowest BCUT2D eigenvalue weighted by molar-refractivity contribution is -0.122. The molecule has 0 spiro atoms. The largest absolute Gasteiger partial charge is 0.493 e. The molecule has 2 heterocycles. The molecule has 7 heteroatoms. The van der Waals surface area contributed by atoms with Crippen LogP contribution in [0.1, 0.15) is 25.0 Å². The topological polar surface area (TPSA) is 64.0 Å². The van der Waals surface area contributed by atoms with Gasteiger partial charge in [0.2, 0.25) is 0 Å². The van der Waals surface area contributed by atoms with Crippen molar-refractivity contribution >= 4 is 34.6 Å². The predicted molar refractivity (Wildman–Crippen MR) is 133 cm³/mol. The molecule has 1 aromatic heterocycles. The molecule has 0 atom stereocenters. The fraction of sp³-hybridized carbons (Fsp3) is 0.192. The number of thioether (sulfide) groups is 1. The van der Waals surface area contributed by atoms with Crippen molar-refractivity contribution < 1.29 is 14.3 Å². The highest BCUT2D eigenvalue weighted by Gasteiger charge is 2.34. The summed E-state index contributed by atoms with van der Waals surface area (Å²) in [5, 5.41) is 0.621. The number of ether oxygens (including phenoxy) is 2. The van der Waals surface area contributed by atoms with E-state index in [-0.39, 0.29) is 12.0 Å². The van der Waals surface area contributed by atoms with E-state index >= 15 is 0 Å². The van der Waals surface area contributed by atoms with Crippen LogP contribution >= 0.6 is 11.8 Å². The summed E-state index contributed by atoms with van der Waals surface area (Å²) < 4.78 is 11.5. The van der Waals surface area contributed by atoms with Crippen molar-refractivity contribution in [3.8, 4) is 11.5 Å². The number of methoxy groups -OCH3 is 1. The number of hydrogen-bond acceptors (Lipinski definition) is 6. The zero-order valence-electron chi connectivity index (χ0n) is 18.8. The number of benzene rings is 2. The van der Waals surface area contributed by atoms with Gasteiger partial charge in [-0.25, -0.2) is 4.99 Å². The molecule has 1 saturated heterocycles. The number of carbonyl (C=O) groups is 1. The molecule has 1 aliphatic heterocycles. The maximum atomic E-state index is 13.5. The summed E-state index contributed by atoms with van der Waals surface area (Å²) in [6, 6.07) is 19.1. The molecule has 0 N–H and O–H groups in total. The Kier molecular flexibility index (Phi) is 7.10. The zero-order valence-corrected chi connectivity index (χ0v) is 19.6. The third kappa shape index (κ3) is 5.43. The molecule has 0 bridgehead atoms. The van der Waals surface area contributed by atoms with Crippen LogP contribution in [0.25, 0.3) is 6.08 Å². The third-order valence-electron chi connectivity index (χ3n) is 4.80. The van der Waals surface area contributed by atoms with Crippen LogP contribution in [-0.4, -0.2) is 34.2 Å². The summed E-state index contributed by atoms with van der Waals surface area (Å²) >= 11 is 1.35. The first-order valence-corrected chi connectivity index (χ1v) is 11.4. The first-order valence-electron chi connectivity index (χ1n) is 10.6. The molecule has 168 valence electrons. The second-order valence-corrected chi connectivity index (χ2v) is 8.65. The van der Waals surface area contributed by atoms with Crippen molar-refractivity contribution in [1.82, 2.24) is 9.88 Å². The van der Waals surface area contributed by atoms with Crippen LogP contribution in [-0.2, 0) is 11.3 Å². The molecule has 0 radical (unpaired) electrons. The first kappa shape index (κ1) is 22.6. The Morgan fingerprint density at radius 2 is 1.91 bits per heavy atom. The third-order valence-corrected chi connectivity index (χ3v) is 5.81. The highest BCUT2D eigenvalue weighted by molar-refractivity contribution is 8.18. The van der Waals surface area contributed by atoms with E-state index in [0.717, 1.165) is 16.8 Å². The minimum absolute atomic E-state index is 0.0392. The zero-order chi connectivity index (χ0) is 23.2. The molecule has 1 fully saturated rings. The summed E-state index contributed by atoms with van der Waals surface area (Å²) in [7, 11) is 1.61. The van der Waals surface area contributed by atoms with E-state index in [4.69, 9.17) is 14.5 Å². The molecule has 1 aliphatic rings. The van der Waals surface area contributed by atoms with Crippen molar-refractivity contribution in [3.63, 3.8) is 0 Å².